The number of halogens is 3. The molecular weight excluding hydrogens is 359 g/mol. The Labute approximate surface area is 142 Å². The molecular formula is C15H8F3N3O3S. The van der Waals surface area contributed by atoms with Gasteiger partial charge in [0.05, 0.1) is 15.8 Å². The van der Waals surface area contributed by atoms with Gasteiger partial charge in [0.2, 0.25) is 0 Å². The SMILES string of the molecule is O=C(O)c1ccc2nc(NC(=O)c3cccc(C(F)(F)F)n3)sc2c1. The van der Waals surface area contributed by atoms with Crippen LogP contribution in [0.25, 0.3) is 10.2 Å². The number of alkyl halides is 3. The first-order chi connectivity index (χ1) is 11.7. The molecule has 3 rings (SSSR count). The monoisotopic (exact) mass is 367 g/mol. The number of aromatic carboxylic acids is 1. The molecule has 0 aliphatic heterocycles. The smallest absolute Gasteiger partial charge is 0.433 e. The van der Waals surface area contributed by atoms with Gasteiger partial charge in [-0.1, -0.05) is 17.4 Å². The minimum absolute atomic E-state index is 0.0635. The number of carboxylic acids is 1. The zero-order valence-electron chi connectivity index (χ0n) is 12.2. The van der Waals surface area contributed by atoms with Crippen molar-refractivity contribution in [3.63, 3.8) is 0 Å². The molecule has 10 heteroatoms. The van der Waals surface area contributed by atoms with E-state index in [0.717, 1.165) is 29.5 Å². The van der Waals surface area contributed by atoms with Crippen LogP contribution < -0.4 is 5.32 Å². The summed E-state index contributed by atoms with van der Waals surface area (Å²) in [5.41, 5.74) is -1.05. The Morgan fingerprint density at radius 3 is 2.56 bits per heavy atom. The van der Waals surface area contributed by atoms with Crippen molar-refractivity contribution in [2.45, 2.75) is 6.18 Å². The highest BCUT2D eigenvalue weighted by molar-refractivity contribution is 7.22. The highest BCUT2D eigenvalue weighted by Crippen LogP contribution is 2.29. The maximum atomic E-state index is 12.6. The van der Waals surface area contributed by atoms with Gasteiger partial charge in [0.25, 0.3) is 5.91 Å². The zero-order chi connectivity index (χ0) is 18.2. The van der Waals surface area contributed by atoms with Gasteiger partial charge in [-0.3, -0.25) is 10.1 Å². The highest BCUT2D eigenvalue weighted by atomic mass is 32.1. The van der Waals surface area contributed by atoms with Gasteiger partial charge in [0, 0.05) is 0 Å². The van der Waals surface area contributed by atoms with Crippen LogP contribution in [0.1, 0.15) is 26.5 Å². The van der Waals surface area contributed by atoms with Crippen molar-refractivity contribution in [3.8, 4) is 0 Å². The Hall–Kier alpha value is -3.01. The number of benzene rings is 1. The number of hydrogen-bond donors (Lipinski definition) is 2. The predicted molar refractivity (Wildman–Crippen MR) is 83.8 cm³/mol. The first kappa shape index (κ1) is 16.8. The molecule has 2 heterocycles. The number of thiazole rings is 1. The van der Waals surface area contributed by atoms with Gasteiger partial charge in [-0.25, -0.2) is 14.8 Å². The third-order valence-electron chi connectivity index (χ3n) is 3.13. The first-order valence-electron chi connectivity index (χ1n) is 6.73. The van der Waals surface area contributed by atoms with Gasteiger partial charge in [-0.2, -0.15) is 13.2 Å². The average Bonchev–Trinajstić information content (AvgIpc) is 2.95. The first-order valence-corrected chi connectivity index (χ1v) is 7.55. The number of anilines is 1. The van der Waals surface area contributed by atoms with Gasteiger partial charge in [0.1, 0.15) is 11.4 Å². The third kappa shape index (κ3) is 3.58. The number of pyridine rings is 1. The van der Waals surface area contributed by atoms with Crippen LogP contribution >= 0.6 is 11.3 Å². The van der Waals surface area contributed by atoms with E-state index in [2.05, 4.69) is 15.3 Å². The normalized spacial score (nSPS) is 11.5. The van der Waals surface area contributed by atoms with Crippen LogP contribution in [0.4, 0.5) is 18.3 Å². The molecule has 1 aromatic carbocycles. The van der Waals surface area contributed by atoms with Gasteiger partial charge in [-0.15, -0.1) is 0 Å². The second-order valence-corrected chi connectivity index (χ2v) is 5.90. The van der Waals surface area contributed by atoms with Crippen LogP contribution in [0.15, 0.2) is 36.4 Å². The Bertz CT molecular complexity index is 985. The zero-order valence-corrected chi connectivity index (χ0v) is 13.0. The summed E-state index contributed by atoms with van der Waals surface area (Å²) < 4.78 is 38.5. The molecule has 0 bridgehead atoms. The van der Waals surface area contributed by atoms with Crippen LogP contribution in [0.3, 0.4) is 0 Å². The van der Waals surface area contributed by atoms with Gasteiger partial charge < -0.3 is 5.11 Å². The molecule has 0 aliphatic rings. The van der Waals surface area contributed by atoms with E-state index in [1.165, 1.54) is 18.2 Å². The molecule has 0 saturated heterocycles. The van der Waals surface area contributed by atoms with E-state index in [4.69, 9.17) is 5.11 Å². The van der Waals surface area contributed by atoms with Crippen molar-refractivity contribution in [1.29, 1.82) is 0 Å². The maximum Gasteiger partial charge on any atom is 0.433 e. The fourth-order valence-corrected chi connectivity index (χ4v) is 2.89. The minimum Gasteiger partial charge on any atom is -0.478 e. The van der Waals surface area contributed by atoms with E-state index in [1.54, 1.807) is 0 Å². The van der Waals surface area contributed by atoms with Crippen molar-refractivity contribution in [2.75, 3.05) is 5.32 Å². The fraction of sp³-hybridized carbons (Fsp3) is 0.0667. The lowest BCUT2D eigenvalue weighted by atomic mass is 10.2. The number of carbonyl (C=O) groups excluding carboxylic acids is 1. The van der Waals surface area contributed by atoms with Crippen LogP contribution in [-0.2, 0) is 6.18 Å². The number of rotatable bonds is 3. The molecule has 25 heavy (non-hydrogen) atoms. The molecule has 0 aliphatic carbocycles. The molecule has 2 N–H and O–H groups in total. The number of carboxylic acid groups (broad SMARTS) is 1. The average molecular weight is 367 g/mol. The van der Waals surface area contributed by atoms with E-state index in [1.807, 2.05) is 0 Å². The van der Waals surface area contributed by atoms with Crippen molar-refractivity contribution < 1.29 is 27.9 Å². The Kier molecular flexibility index (Phi) is 4.13. The fourth-order valence-electron chi connectivity index (χ4n) is 1.99. The van der Waals surface area contributed by atoms with E-state index in [0.29, 0.717) is 10.2 Å². The summed E-state index contributed by atoms with van der Waals surface area (Å²) in [6.45, 7) is 0. The standard InChI is InChI=1S/C15H8F3N3O3S/c16-15(17,18)11-3-1-2-9(19-11)12(22)21-14-20-8-5-4-7(13(23)24)6-10(8)25-14/h1-6H,(H,23,24)(H,20,21,22). The summed E-state index contributed by atoms with van der Waals surface area (Å²) in [6.07, 6.45) is -4.65. The maximum absolute atomic E-state index is 12.6. The Balaban J connectivity index is 1.86. The lowest BCUT2D eigenvalue weighted by Crippen LogP contribution is -2.16. The largest absolute Gasteiger partial charge is 0.478 e. The summed E-state index contributed by atoms with van der Waals surface area (Å²) in [6, 6.07) is 7.25. The molecule has 0 fully saturated rings. The second-order valence-electron chi connectivity index (χ2n) is 4.87. The van der Waals surface area contributed by atoms with Crippen molar-refractivity contribution >= 4 is 38.6 Å². The van der Waals surface area contributed by atoms with Gasteiger partial charge in [-0.05, 0) is 30.3 Å². The molecule has 3 aromatic rings. The number of fused-ring (bicyclic) bond motifs is 1. The molecule has 0 saturated carbocycles. The van der Waals surface area contributed by atoms with Gasteiger partial charge >= 0.3 is 12.1 Å². The number of nitrogens with one attached hydrogen (secondary N) is 1. The van der Waals surface area contributed by atoms with E-state index in [9.17, 15) is 22.8 Å². The Morgan fingerprint density at radius 1 is 1.12 bits per heavy atom. The summed E-state index contributed by atoms with van der Waals surface area (Å²) in [5, 5.41) is 11.4. The molecule has 6 nitrogen and oxygen atoms in total. The number of hydrogen-bond acceptors (Lipinski definition) is 5. The van der Waals surface area contributed by atoms with E-state index >= 15 is 0 Å². The van der Waals surface area contributed by atoms with Crippen LogP contribution in [0.2, 0.25) is 0 Å². The predicted octanol–water partition coefficient (Wildman–Crippen LogP) is 3.66. The van der Waals surface area contributed by atoms with Crippen LogP contribution in [0.5, 0.6) is 0 Å². The highest BCUT2D eigenvalue weighted by Gasteiger charge is 2.33. The molecule has 0 atom stereocenters. The summed E-state index contributed by atoms with van der Waals surface area (Å²) in [5.74, 6) is -1.95. The molecule has 2 aromatic heterocycles. The molecule has 0 radical (unpaired) electrons. The molecule has 0 unspecified atom stereocenters. The minimum atomic E-state index is -4.65. The molecule has 0 spiro atoms. The molecule has 128 valence electrons. The van der Waals surface area contributed by atoms with Crippen molar-refractivity contribution in [1.82, 2.24) is 9.97 Å². The van der Waals surface area contributed by atoms with Crippen molar-refractivity contribution in [2.24, 2.45) is 0 Å². The molecule has 1 amide bonds. The van der Waals surface area contributed by atoms with Crippen LogP contribution in [0, 0.1) is 0 Å². The quantitative estimate of drug-likeness (QED) is 0.737. The second kappa shape index (κ2) is 6.13. The third-order valence-corrected chi connectivity index (χ3v) is 4.06. The lowest BCUT2D eigenvalue weighted by Gasteiger charge is -2.07. The topological polar surface area (TPSA) is 92.2 Å². The van der Waals surface area contributed by atoms with E-state index in [-0.39, 0.29) is 10.7 Å². The van der Waals surface area contributed by atoms with Gasteiger partial charge in [0.15, 0.2) is 5.13 Å². The van der Waals surface area contributed by atoms with Crippen LogP contribution in [-0.4, -0.2) is 27.0 Å². The number of amides is 1. The number of carbonyl (C=O) groups is 2. The lowest BCUT2D eigenvalue weighted by molar-refractivity contribution is -0.141. The Morgan fingerprint density at radius 2 is 1.88 bits per heavy atom. The van der Waals surface area contributed by atoms with E-state index < -0.39 is 29.4 Å². The summed E-state index contributed by atoms with van der Waals surface area (Å²) >= 11 is 1.01. The number of nitrogens with zero attached hydrogens (tertiary/aromatic N) is 2. The van der Waals surface area contributed by atoms with Crippen molar-refractivity contribution in [3.05, 3.63) is 53.3 Å². The number of aromatic nitrogens is 2. The summed E-state index contributed by atoms with van der Waals surface area (Å²) in [7, 11) is 0. The summed E-state index contributed by atoms with van der Waals surface area (Å²) in [4.78, 5) is 30.4.